The number of hydrogen-bond donors (Lipinski definition) is 1. The summed E-state index contributed by atoms with van der Waals surface area (Å²) in [6.07, 6.45) is 3.53. The number of benzene rings is 1. The minimum Gasteiger partial charge on any atom is -0.356 e. The van der Waals surface area contributed by atoms with Gasteiger partial charge in [-0.1, -0.05) is 13.0 Å². The maximum atomic E-state index is 12.7. The minimum atomic E-state index is 0.109. The molecule has 1 N–H and O–H groups in total. The Labute approximate surface area is 139 Å². The van der Waals surface area contributed by atoms with Crippen molar-refractivity contribution >= 4 is 11.8 Å². The molecule has 1 saturated heterocycles. The lowest BCUT2D eigenvalue weighted by Gasteiger charge is -2.33. The molecule has 0 saturated carbocycles. The van der Waals surface area contributed by atoms with Gasteiger partial charge in [-0.15, -0.1) is 0 Å². The van der Waals surface area contributed by atoms with Crippen LogP contribution < -0.4 is 5.32 Å². The Hall–Kier alpha value is -1.84. The summed E-state index contributed by atoms with van der Waals surface area (Å²) >= 11 is 0. The molecule has 126 valence electrons. The highest BCUT2D eigenvalue weighted by Crippen LogP contribution is 2.19. The van der Waals surface area contributed by atoms with E-state index in [1.165, 1.54) is 5.56 Å². The van der Waals surface area contributed by atoms with Crippen LogP contribution in [0.15, 0.2) is 18.2 Å². The Bertz CT molecular complexity index is 568. The second-order valence-electron chi connectivity index (χ2n) is 6.61. The lowest BCUT2D eigenvalue weighted by Crippen LogP contribution is -2.43. The van der Waals surface area contributed by atoms with Gasteiger partial charge in [-0.05, 0) is 62.3 Å². The van der Waals surface area contributed by atoms with Crippen LogP contribution in [0.3, 0.4) is 0 Å². The van der Waals surface area contributed by atoms with Crippen LogP contribution >= 0.6 is 0 Å². The minimum absolute atomic E-state index is 0.109. The van der Waals surface area contributed by atoms with Gasteiger partial charge in [-0.25, -0.2) is 0 Å². The summed E-state index contributed by atoms with van der Waals surface area (Å²) in [6.45, 7) is 8.32. The van der Waals surface area contributed by atoms with Gasteiger partial charge >= 0.3 is 0 Å². The number of rotatable bonds is 5. The molecule has 1 fully saturated rings. The number of nitrogens with one attached hydrogen (secondary N) is 1. The van der Waals surface area contributed by atoms with E-state index in [0.29, 0.717) is 18.9 Å². The molecule has 1 aromatic carbocycles. The zero-order valence-corrected chi connectivity index (χ0v) is 14.5. The van der Waals surface area contributed by atoms with E-state index in [2.05, 4.69) is 12.2 Å². The van der Waals surface area contributed by atoms with Crippen molar-refractivity contribution in [2.45, 2.75) is 46.5 Å². The fourth-order valence-corrected chi connectivity index (χ4v) is 3.05. The second-order valence-corrected chi connectivity index (χ2v) is 6.61. The van der Waals surface area contributed by atoms with Crippen molar-refractivity contribution in [3.05, 3.63) is 34.9 Å². The average Bonchev–Trinajstić information content (AvgIpc) is 2.55. The van der Waals surface area contributed by atoms with Gasteiger partial charge in [0.1, 0.15) is 0 Å². The van der Waals surface area contributed by atoms with E-state index in [1.54, 1.807) is 0 Å². The number of amides is 2. The molecule has 0 aliphatic carbocycles. The highest BCUT2D eigenvalue weighted by atomic mass is 16.2. The number of carbonyl (C=O) groups is 2. The van der Waals surface area contributed by atoms with Gasteiger partial charge in [0.25, 0.3) is 5.91 Å². The fourth-order valence-electron chi connectivity index (χ4n) is 3.05. The summed E-state index contributed by atoms with van der Waals surface area (Å²) in [4.78, 5) is 26.2. The van der Waals surface area contributed by atoms with E-state index in [4.69, 9.17) is 0 Å². The van der Waals surface area contributed by atoms with E-state index >= 15 is 0 Å². The number of aryl methyl sites for hydroxylation is 2. The second kappa shape index (κ2) is 8.14. The monoisotopic (exact) mass is 316 g/mol. The van der Waals surface area contributed by atoms with Gasteiger partial charge in [0.15, 0.2) is 0 Å². The summed E-state index contributed by atoms with van der Waals surface area (Å²) in [5.41, 5.74) is 3.12. The first-order valence-electron chi connectivity index (χ1n) is 8.64. The van der Waals surface area contributed by atoms with Crippen molar-refractivity contribution in [3.8, 4) is 0 Å². The number of nitrogens with zero attached hydrogens (tertiary/aromatic N) is 1. The van der Waals surface area contributed by atoms with Crippen molar-refractivity contribution in [1.82, 2.24) is 10.2 Å². The average molecular weight is 316 g/mol. The van der Waals surface area contributed by atoms with Gasteiger partial charge in [0, 0.05) is 31.6 Å². The summed E-state index contributed by atoms with van der Waals surface area (Å²) in [7, 11) is 0. The van der Waals surface area contributed by atoms with E-state index in [-0.39, 0.29) is 11.8 Å². The van der Waals surface area contributed by atoms with Crippen molar-refractivity contribution in [1.29, 1.82) is 0 Å². The first-order chi connectivity index (χ1) is 11.0. The Morgan fingerprint density at radius 2 is 2.04 bits per heavy atom. The highest BCUT2D eigenvalue weighted by molar-refractivity contribution is 5.94. The van der Waals surface area contributed by atoms with Crippen LogP contribution in [0.2, 0.25) is 0 Å². The molecule has 0 spiro atoms. The van der Waals surface area contributed by atoms with Gasteiger partial charge in [0.2, 0.25) is 5.91 Å². The third-order valence-electron chi connectivity index (χ3n) is 4.63. The van der Waals surface area contributed by atoms with Crippen molar-refractivity contribution in [3.63, 3.8) is 0 Å². The molecule has 1 aliphatic heterocycles. The van der Waals surface area contributed by atoms with E-state index in [0.717, 1.165) is 43.5 Å². The van der Waals surface area contributed by atoms with E-state index in [1.807, 2.05) is 36.9 Å². The Kier molecular flexibility index (Phi) is 6.20. The SMILES string of the molecule is CCCC(=O)NCC1CCCN(C(=O)c2ccc(C)c(C)c2)C1. The van der Waals surface area contributed by atoms with Crippen molar-refractivity contribution < 1.29 is 9.59 Å². The standard InChI is InChI=1S/C19H28N2O2/c1-4-6-18(22)20-12-16-7-5-10-21(13-16)19(23)17-9-8-14(2)15(3)11-17/h8-9,11,16H,4-7,10,12-13H2,1-3H3,(H,20,22). The van der Waals surface area contributed by atoms with Crippen LogP contribution in [-0.2, 0) is 4.79 Å². The van der Waals surface area contributed by atoms with E-state index < -0.39 is 0 Å². The predicted octanol–water partition coefficient (Wildman–Crippen LogP) is 3.07. The normalized spacial score (nSPS) is 17.9. The lowest BCUT2D eigenvalue weighted by molar-refractivity contribution is -0.121. The topological polar surface area (TPSA) is 49.4 Å². The molecule has 1 heterocycles. The summed E-state index contributed by atoms with van der Waals surface area (Å²) < 4.78 is 0. The maximum absolute atomic E-state index is 12.7. The predicted molar refractivity (Wildman–Crippen MR) is 92.5 cm³/mol. The molecule has 2 rings (SSSR count). The van der Waals surface area contributed by atoms with Crippen LogP contribution in [0.1, 0.15) is 54.1 Å². The van der Waals surface area contributed by atoms with Gasteiger partial charge in [0.05, 0.1) is 0 Å². The molecule has 1 aromatic rings. The summed E-state index contributed by atoms with van der Waals surface area (Å²) in [6, 6.07) is 5.90. The maximum Gasteiger partial charge on any atom is 0.253 e. The van der Waals surface area contributed by atoms with Crippen LogP contribution in [0, 0.1) is 19.8 Å². The van der Waals surface area contributed by atoms with Crippen LogP contribution in [-0.4, -0.2) is 36.3 Å². The number of carbonyl (C=O) groups excluding carboxylic acids is 2. The van der Waals surface area contributed by atoms with Crippen molar-refractivity contribution in [2.75, 3.05) is 19.6 Å². The highest BCUT2D eigenvalue weighted by Gasteiger charge is 2.24. The molecule has 1 atom stereocenters. The molecule has 0 bridgehead atoms. The first-order valence-corrected chi connectivity index (χ1v) is 8.64. The van der Waals surface area contributed by atoms with Crippen LogP contribution in [0.4, 0.5) is 0 Å². The quantitative estimate of drug-likeness (QED) is 0.907. The van der Waals surface area contributed by atoms with Gasteiger partial charge in [-0.3, -0.25) is 9.59 Å². The molecule has 4 heteroatoms. The Morgan fingerprint density at radius 1 is 1.26 bits per heavy atom. The lowest BCUT2D eigenvalue weighted by atomic mass is 9.96. The third kappa shape index (κ3) is 4.81. The fraction of sp³-hybridized carbons (Fsp3) is 0.579. The van der Waals surface area contributed by atoms with Crippen LogP contribution in [0.5, 0.6) is 0 Å². The molecule has 0 aromatic heterocycles. The number of likely N-dealkylation sites (tertiary alicyclic amines) is 1. The zero-order chi connectivity index (χ0) is 16.8. The molecule has 4 nitrogen and oxygen atoms in total. The van der Waals surface area contributed by atoms with Gasteiger partial charge < -0.3 is 10.2 Å². The Balaban J connectivity index is 1.93. The Morgan fingerprint density at radius 3 is 2.74 bits per heavy atom. The zero-order valence-electron chi connectivity index (χ0n) is 14.5. The molecule has 0 radical (unpaired) electrons. The molecular formula is C19H28N2O2. The first kappa shape index (κ1) is 17.5. The largest absolute Gasteiger partial charge is 0.356 e. The molecular weight excluding hydrogens is 288 g/mol. The number of piperidine rings is 1. The van der Waals surface area contributed by atoms with Crippen molar-refractivity contribution in [2.24, 2.45) is 5.92 Å². The summed E-state index contributed by atoms with van der Waals surface area (Å²) in [5.74, 6) is 0.586. The summed E-state index contributed by atoms with van der Waals surface area (Å²) in [5, 5.41) is 2.99. The molecule has 1 aliphatic rings. The molecule has 23 heavy (non-hydrogen) atoms. The molecule has 1 unspecified atom stereocenters. The van der Waals surface area contributed by atoms with E-state index in [9.17, 15) is 9.59 Å². The number of hydrogen-bond acceptors (Lipinski definition) is 2. The van der Waals surface area contributed by atoms with Gasteiger partial charge in [-0.2, -0.15) is 0 Å². The van der Waals surface area contributed by atoms with Crippen LogP contribution in [0.25, 0.3) is 0 Å². The third-order valence-corrected chi connectivity index (χ3v) is 4.63. The smallest absolute Gasteiger partial charge is 0.253 e. The molecule has 2 amide bonds.